The Bertz CT molecular complexity index is 1300. The predicted octanol–water partition coefficient (Wildman–Crippen LogP) is 4.18. The third-order valence-electron chi connectivity index (χ3n) is 6.09. The van der Waals surface area contributed by atoms with Crippen molar-refractivity contribution < 1.29 is 4.79 Å². The molecular weight excluding hydrogens is 436 g/mol. The molecule has 170 valence electrons. The van der Waals surface area contributed by atoms with Gasteiger partial charge in [-0.1, -0.05) is 30.3 Å². The highest BCUT2D eigenvalue weighted by atomic mass is 32.1. The van der Waals surface area contributed by atoms with Crippen molar-refractivity contribution in [2.45, 2.75) is 32.1 Å². The fourth-order valence-corrected chi connectivity index (χ4v) is 5.07. The number of benzene rings is 1. The molecule has 4 aromatic rings. The Morgan fingerprint density at radius 1 is 1.18 bits per heavy atom. The molecule has 1 aliphatic heterocycles. The number of anilines is 2. The molecule has 0 radical (unpaired) electrons. The van der Waals surface area contributed by atoms with E-state index in [0.29, 0.717) is 18.2 Å². The first kappa shape index (κ1) is 21.4. The highest BCUT2D eigenvalue weighted by molar-refractivity contribution is 7.17. The van der Waals surface area contributed by atoms with Gasteiger partial charge >= 0.3 is 6.03 Å². The highest BCUT2D eigenvalue weighted by Gasteiger charge is 2.44. The molecule has 9 nitrogen and oxygen atoms in total. The van der Waals surface area contributed by atoms with Crippen LogP contribution in [0.1, 0.15) is 36.8 Å². The first-order valence-corrected chi connectivity index (χ1v) is 11.6. The lowest BCUT2D eigenvalue weighted by atomic mass is 10.0. The van der Waals surface area contributed by atoms with Crippen molar-refractivity contribution in [3.8, 4) is 0 Å². The number of carbonyl (C=O) groups is 1. The maximum absolute atomic E-state index is 13.4. The number of nitrogens with one attached hydrogen (secondary N) is 3. The average molecular weight is 463 g/mol. The summed E-state index contributed by atoms with van der Waals surface area (Å²) < 4.78 is 0.970. The molecule has 3 aromatic heterocycles. The van der Waals surface area contributed by atoms with Crippen molar-refractivity contribution in [1.82, 2.24) is 35.3 Å². The van der Waals surface area contributed by atoms with Crippen LogP contribution in [0, 0.1) is 0 Å². The molecular formula is C23H26N8OS. The van der Waals surface area contributed by atoms with E-state index in [2.05, 4.69) is 30.8 Å². The third kappa shape index (κ3) is 3.70. The van der Waals surface area contributed by atoms with Crippen LogP contribution in [0.15, 0.2) is 48.1 Å². The second-order valence-electron chi connectivity index (χ2n) is 8.78. The number of H-pyrrole nitrogens is 1. The molecule has 0 fully saturated rings. The summed E-state index contributed by atoms with van der Waals surface area (Å²) in [6, 6.07) is 11.8. The van der Waals surface area contributed by atoms with Crippen LogP contribution in [-0.2, 0) is 12.1 Å². The Hall–Kier alpha value is -3.50. The number of hydrogen-bond acceptors (Lipinski definition) is 7. The van der Waals surface area contributed by atoms with Gasteiger partial charge in [0.25, 0.3) is 0 Å². The lowest BCUT2D eigenvalue weighted by Gasteiger charge is -2.35. The Kier molecular flexibility index (Phi) is 5.26. The molecule has 10 heteroatoms. The van der Waals surface area contributed by atoms with Crippen LogP contribution in [0.2, 0.25) is 0 Å². The van der Waals surface area contributed by atoms with Gasteiger partial charge in [-0.2, -0.15) is 5.10 Å². The molecule has 1 aliphatic rings. The maximum atomic E-state index is 13.4. The molecule has 1 atom stereocenters. The van der Waals surface area contributed by atoms with Crippen LogP contribution in [0.25, 0.3) is 10.2 Å². The van der Waals surface area contributed by atoms with Gasteiger partial charge in [-0.15, -0.1) is 11.3 Å². The smallest absolute Gasteiger partial charge is 0.319 e. The quantitative estimate of drug-likeness (QED) is 0.385. The van der Waals surface area contributed by atoms with Gasteiger partial charge in [-0.25, -0.2) is 14.8 Å². The fraction of sp³-hybridized carbons (Fsp3) is 0.304. The molecule has 2 amide bonds. The van der Waals surface area contributed by atoms with Crippen molar-refractivity contribution in [3.05, 3.63) is 64.9 Å². The van der Waals surface area contributed by atoms with E-state index < -0.39 is 5.54 Å². The van der Waals surface area contributed by atoms with E-state index in [9.17, 15) is 4.79 Å². The summed E-state index contributed by atoms with van der Waals surface area (Å²) in [5.41, 5.74) is 3.24. The first-order chi connectivity index (χ1) is 15.9. The topological polar surface area (TPSA) is 102 Å². The fourth-order valence-electron chi connectivity index (χ4n) is 4.28. The minimum Gasteiger partial charge on any atom is -0.322 e. The van der Waals surface area contributed by atoms with Crippen molar-refractivity contribution in [3.63, 3.8) is 0 Å². The zero-order valence-electron chi connectivity index (χ0n) is 19.0. The molecule has 4 heterocycles. The second kappa shape index (κ2) is 8.13. The van der Waals surface area contributed by atoms with Gasteiger partial charge < -0.3 is 15.5 Å². The van der Waals surface area contributed by atoms with Crippen molar-refractivity contribution in [2.75, 3.05) is 19.4 Å². The summed E-state index contributed by atoms with van der Waals surface area (Å²) in [6.07, 6.45) is 1.30. The minimum absolute atomic E-state index is 0.138. The monoisotopic (exact) mass is 462 g/mol. The van der Waals surface area contributed by atoms with Crippen LogP contribution in [0.3, 0.4) is 0 Å². The van der Waals surface area contributed by atoms with E-state index in [-0.39, 0.29) is 12.2 Å². The maximum Gasteiger partial charge on any atom is 0.319 e. The third-order valence-corrected chi connectivity index (χ3v) is 7.00. The number of thiophene rings is 1. The molecule has 0 bridgehead atoms. The van der Waals surface area contributed by atoms with E-state index in [0.717, 1.165) is 27.0 Å². The molecule has 3 N–H and O–H groups in total. The van der Waals surface area contributed by atoms with E-state index in [1.165, 1.54) is 0 Å². The van der Waals surface area contributed by atoms with Gasteiger partial charge in [0, 0.05) is 5.56 Å². The molecule has 0 spiro atoms. The summed E-state index contributed by atoms with van der Waals surface area (Å²) in [7, 11) is 3.91. The number of aromatic nitrogens is 4. The minimum atomic E-state index is -0.552. The summed E-state index contributed by atoms with van der Waals surface area (Å²) in [5.74, 6) is 1.38. The summed E-state index contributed by atoms with van der Waals surface area (Å²) in [4.78, 5) is 26.0. The van der Waals surface area contributed by atoms with Gasteiger partial charge in [0.2, 0.25) is 0 Å². The zero-order chi connectivity index (χ0) is 23.2. The number of fused-ring (bicyclic) bond motifs is 2. The SMILES string of the molecule is CN(C)[C@@H](NC(=O)N1Cc2c(Nc3ncnc4ccsc34)n[nH]c2C1(C)C)c1ccccc1. The highest BCUT2D eigenvalue weighted by Crippen LogP contribution is 2.41. The number of nitrogens with zero attached hydrogens (tertiary/aromatic N) is 5. The van der Waals surface area contributed by atoms with Crippen LogP contribution in [0.5, 0.6) is 0 Å². The number of aromatic amines is 1. The van der Waals surface area contributed by atoms with Gasteiger partial charge in [0.1, 0.15) is 12.5 Å². The van der Waals surface area contributed by atoms with Crippen molar-refractivity contribution in [1.29, 1.82) is 0 Å². The Labute approximate surface area is 195 Å². The molecule has 33 heavy (non-hydrogen) atoms. The predicted molar refractivity (Wildman–Crippen MR) is 129 cm³/mol. The molecule has 0 aliphatic carbocycles. The Morgan fingerprint density at radius 3 is 2.73 bits per heavy atom. The largest absolute Gasteiger partial charge is 0.322 e. The standard InChI is InChI=1S/C23H26N8OS/c1-23(2)18-15(19(29-28-18)26-20-17-16(10-11-33-17)24-13-25-20)12-31(23)22(32)27-21(30(3)4)14-8-6-5-7-9-14/h5-11,13,21H,12H2,1-4H3,(H,27,32)(H2,24,25,26,28,29)/t21-/m1/s1. The number of urea groups is 1. The molecule has 0 unspecified atom stereocenters. The summed E-state index contributed by atoms with van der Waals surface area (Å²) in [6.45, 7) is 4.48. The van der Waals surface area contributed by atoms with E-state index in [1.54, 1.807) is 17.7 Å². The van der Waals surface area contributed by atoms with Crippen LogP contribution >= 0.6 is 11.3 Å². The average Bonchev–Trinajstić information content (AvgIpc) is 3.49. The van der Waals surface area contributed by atoms with E-state index in [4.69, 9.17) is 0 Å². The number of amides is 2. The molecule has 5 rings (SSSR count). The molecule has 0 saturated carbocycles. The van der Waals surface area contributed by atoms with E-state index >= 15 is 0 Å². The molecule has 1 aromatic carbocycles. The lowest BCUT2D eigenvalue weighted by molar-refractivity contribution is 0.128. The Balaban J connectivity index is 1.40. The van der Waals surface area contributed by atoms with Gasteiger partial charge in [-0.3, -0.25) is 10.00 Å². The lowest BCUT2D eigenvalue weighted by Crippen LogP contribution is -2.49. The summed E-state index contributed by atoms with van der Waals surface area (Å²) in [5, 5.41) is 16.2. The van der Waals surface area contributed by atoms with Gasteiger partial charge in [-0.05, 0) is 45.0 Å². The molecule has 0 saturated heterocycles. The second-order valence-corrected chi connectivity index (χ2v) is 9.70. The number of rotatable bonds is 5. The first-order valence-electron chi connectivity index (χ1n) is 10.7. The van der Waals surface area contributed by atoms with Crippen molar-refractivity contribution >= 4 is 39.2 Å². The number of carbonyl (C=O) groups excluding carboxylic acids is 1. The van der Waals surface area contributed by atoms with Crippen LogP contribution in [0.4, 0.5) is 16.4 Å². The van der Waals surface area contributed by atoms with E-state index in [1.807, 2.05) is 79.5 Å². The normalized spacial score (nSPS) is 15.6. The van der Waals surface area contributed by atoms with Gasteiger partial charge in [0.15, 0.2) is 11.6 Å². The number of hydrogen-bond donors (Lipinski definition) is 3. The van der Waals surface area contributed by atoms with Crippen LogP contribution < -0.4 is 10.6 Å². The van der Waals surface area contributed by atoms with Gasteiger partial charge in [0.05, 0.1) is 28.0 Å². The zero-order valence-corrected chi connectivity index (χ0v) is 19.8. The Morgan fingerprint density at radius 2 is 1.97 bits per heavy atom. The summed E-state index contributed by atoms with van der Waals surface area (Å²) >= 11 is 1.58. The van der Waals surface area contributed by atoms with Crippen molar-refractivity contribution in [2.24, 2.45) is 0 Å². The van der Waals surface area contributed by atoms with Crippen LogP contribution in [-0.4, -0.2) is 50.1 Å².